The molecule has 33 heavy (non-hydrogen) atoms. The van der Waals surface area contributed by atoms with Gasteiger partial charge in [0.05, 0.1) is 6.42 Å². The first-order valence-corrected chi connectivity index (χ1v) is 11.5. The smallest absolute Gasteiger partial charge is 0.314 e. The molecule has 0 saturated heterocycles. The number of anilines is 1. The maximum Gasteiger partial charge on any atom is 0.314 e. The quantitative estimate of drug-likeness (QED) is 0.451. The number of rotatable bonds is 5. The van der Waals surface area contributed by atoms with Gasteiger partial charge in [-0.2, -0.15) is 0 Å². The van der Waals surface area contributed by atoms with Crippen molar-refractivity contribution in [3.8, 4) is 0 Å². The largest absolute Gasteiger partial charge is 0.460 e. The lowest BCUT2D eigenvalue weighted by Crippen LogP contribution is -2.48. The third-order valence-corrected chi connectivity index (χ3v) is 5.68. The zero-order valence-electron chi connectivity index (χ0n) is 19.1. The number of ether oxygens (including phenoxy) is 1. The van der Waals surface area contributed by atoms with Gasteiger partial charge in [0.25, 0.3) is 0 Å². The molecule has 2 amide bonds. The zero-order chi connectivity index (χ0) is 24.2. The van der Waals surface area contributed by atoms with E-state index in [-0.39, 0.29) is 36.1 Å². The van der Waals surface area contributed by atoms with Crippen LogP contribution in [0.4, 0.5) is 5.82 Å². The molecule has 1 aliphatic carbocycles. The molecule has 11 heteroatoms. The van der Waals surface area contributed by atoms with E-state index in [1.165, 1.54) is 6.20 Å². The Morgan fingerprint density at radius 3 is 2.55 bits per heavy atom. The minimum atomic E-state index is -0.824. The van der Waals surface area contributed by atoms with Crippen molar-refractivity contribution in [1.29, 1.82) is 0 Å². The van der Waals surface area contributed by atoms with Gasteiger partial charge in [-0.05, 0) is 74.0 Å². The number of aromatic nitrogens is 3. The molecule has 3 rings (SSSR count). The predicted octanol–water partition coefficient (Wildman–Crippen LogP) is 3.27. The van der Waals surface area contributed by atoms with Gasteiger partial charge in [0.15, 0.2) is 0 Å². The number of halogens is 1. The Kier molecular flexibility index (Phi) is 7.83. The minimum Gasteiger partial charge on any atom is -0.460 e. The third-order valence-electron chi connectivity index (χ3n) is 5.21. The minimum absolute atomic E-state index is 0.0346. The number of carbonyl (C=O) groups excluding carboxylic acids is 3. The molecule has 0 bridgehead atoms. The molecule has 178 valence electrons. The van der Waals surface area contributed by atoms with Crippen molar-refractivity contribution in [2.75, 3.05) is 5.32 Å². The summed E-state index contributed by atoms with van der Waals surface area (Å²) in [5, 5.41) is 13.3. The number of nitrogens with one attached hydrogen (secondary N) is 2. The van der Waals surface area contributed by atoms with Crippen LogP contribution in [0.25, 0.3) is 0 Å². The van der Waals surface area contributed by atoms with Crippen molar-refractivity contribution >= 4 is 39.5 Å². The first-order chi connectivity index (χ1) is 15.5. The van der Waals surface area contributed by atoms with Crippen LogP contribution >= 0.6 is 15.9 Å². The zero-order valence-corrected chi connectivity index (χ0v) is 20.6. The highest BCUT2D eigenvalue weighted by Crippen LogP contribution is 2.37. The molecular formula is C22H28BrN5O5. The molecule has 2 heterocycles. The van der Waals surface area contributed by atoms with Gasteiger partial charge >= 0.3 is 17.8 Å². The second kappa shape index (κ2) is 10.4. The van der Waals surface area contributed by atoms with Crippen LogP contribution in [0.15, 0.2) is 27.2 Å². The van der Waals surface area contributed by atoms with Gasteiger partial charge in [0.1, 0.15) is 11.4 Å². The number of nitrogens with zero attached hydrogens (tertiary/aromatic N) is 3. The highest BCUT2D eigenvalue weighted by molar-refractivity contribution is 9.10. The second-order valence-electron chi connectivity index (χ2n) is 9.12. The van der Waals surface area contributed by atoms with Crippen LogP contribution in [-0.2, 0) is 19.1 Å². The van der Waals surface area contributed by atoms with Gasteiger partial charge in [0.2, 0.25) is 11.8 Å². The first-order valence-electron chi connectivity index (χ1n) is 10.8. The molecule has 0 spiro atoms. The Labute approximate surface area is 200 Å². The maximum absolute atomic E-state index is 12.6. The number of pyridine rings is 1. The highest BCUT2D eigenvalue weighted by Gasteiger charge is 2.37. The van der Waals surface area contributed by atoms with E-state index in [9.17, 15) is 14.4 Å². The molecule has 2 N–H and O–H groups in total. The molecule has 3 atom stereocenters. The van der Waals surface area contributed by atoms with E-state index >= 15 is 0 Å². The van der Waals surface area contributed by atoms with Crippen molar-refractivity contribution in [3.63, 3.8) is 0 Å². The van der Waals surface area contributed by atoms with Gasteiger partial charge in [-0.1, -0.05) is 0 Å². The fourth-order valence-electron chi connectivity index (χ4n) is 3.83. The van der Waals surface area contributed by atoms with Crippen molar-refractivity contribution in [1.82, 2.24) is 20.5 Å². The Balaban J connectivity index is 1.67. The Bertz CT molecular complexity index is 1000. The van der Waals surface area contributed by atoms with Crippen molar-refractivity contribution in [3.05, 3.63) is 34.6 Å². The topological polar surface area (TPSA) is 136 Å². The summed E-state index contributed by atoms with van der Waals surface area (Å²) in [7, 11) is 0. The molecule has 0 unspecified atom stereocenters. The summed E-state index contributed by atoms with van der Waals surface area (Å²) in [6.45, 7) is 7.13. The predicted molar refractivity (Wildman–Crippen MR) is 122 cm³/mol. The number of carbonyl (C=O) groups is 3. The third kappa shape index (κ3) is 7.34. The molecule has 10 nitrogen and oxygen atoms in total. The average molecular weight is 522 g/mol. The van der Waals surface area contributed by atoms with Crippen molar-refractivity contribution < 1.29 is 23.5 Å². The van der Waals surface area contributed by atoms with Gasteiger partial charge in [0, 0.05) is 29.6 Å². The summed E-state index contributed by atoms with van der Waals surface area (Å²) in [6.07, 6.45) is 3.39. The molecule has 2 aromatic rings. The fourth-order valence-corrected chi connectivity index (χ4v) is 4.07. The lowest BCUT2D eigenvalue weighted by Gasteiger charge is -2.35. The lowest BCUT2D eigenvalue weighted by molar-refractivity contribution is -0.156. The van der Waals surface area contributed by atoms with Crippen LogP contribution in [0.2, 0.25) is 0 Å². The highest BCUT2D eigenvalue weighted by atomic mass is 79.9. The van der Waals surface area contributed by atoms with Crippen molar-refractivity contribution in [2.45, 2.75) is 70.9 Å². The van der Waals surface area contributed by atoms with Gasteiger partial charge in [-0.3, -0.25) is 14.4 Å². The Morgan fingerprint density at radius 2 is 1.94 bits per heavy atom. The second-order valence-corrected chi connectivity index (χ2v) is 10.0. The fraction of sp³-hybridized carbons (Fsp3) is 0.545. The van der Waals surface area contributed by atoms with E-state index in [2.05, 4.69) is 41.7 Å². The van der Waals surface area contributed by atoms with Crippen LogP contribution in [0.5, 0.6) is 0 Å². The monoisotopic (exact) mass is 521 g/mol. The van der Waals surface area contributed by atoms with E-state index in [0.29, 0.717) is 31.0 Å². The molecule has 0 radical (unpaired) electrons. The molecule has 1 saturated carbocycles. The van der Waals surface area contributed by atoms with Crippen LogP contribution in [0.3, 0.4) is 0 Å². The van der Waals surface area contributed by atoms with E-state index < -0.39 is 17.4 Å². The van der Waals surface area contributed by atoms with E-state index in [0.717, 1.165) is 4.47 Å². The standard InChI is InChI=1S/C22H28BrN5O5/c1-12-27-28-21(32-12)13-5-7-16(14(9-13)10-18(29)33-22(2,3)4)25-19(30)20(31)26-17-8-6-15(23)11-24-17/h6,8,11,13-14,16H,5,7,9-10H2,1-4H3,(H,25,30)(H,24,26,31)/t13-,14-,16-/m0/s1. The van der Waals surface area contributed by atoms with Crippen LogP contribution < -0.4 is 10.6 Å². The molecular weight excluding hydrogens is 494 g/mol. The van der Waals surface area contributed by atoms with Crippen LogP contribution in [0, 0.1) is 12.8 Å². The summed E-state index contributed by atoms with van der Waals surface area (Å²) in [5.41, 5.74) is -0.620. The van der Waals surface area contributed by atoms with Crippen LogP contribution in [0.1, 0.15) is 64.2 Å². The number of amides is 2. The van der Waals surface area contributed by atoms with Crippen LogP contribution in [-0.4, -0.2) is 44.6 Å². The van der Waals surface area contributed by atoms with Gasteiger partial charge < -0.3 is 19.8 Å². The summed E-state index contributed by atoms with van der Waals surface area (Å²) in [4.78, 5) is 41.5. The SMILES string of the molecule is Cc1nnc([C@H]2CC[C@H](NC(=O)C(=O)Nc3ccc(Br)cn3)[C@H](CC(=O)OC(C)(C)C)C2)o1. The molecule has 0 aliphatic heterocycles. The maximum atomic E-state index is 12.6. The van der Waals surface area contributed by atoms with E-state index in [4.69, 9.17) is 9.15 Å². The lowest BCUT2D eigenvalue weighted by atomic mass is 9.76. The Hall–Kier alpha value is -2.82. The first kappa shape index (κ1) is 24.8. The van der Waals surface area contributed by atoms with E-state index in [1.54, 1.807) is 39.8 Å². The average Bonchev–Trinajstić information content (AvgIpc) is 3.15. The molecule has 2 aromatic heterocycles. The van der Waals surface area contributed by atoms with Gasteiger partial charge in [-0.15, -0.1) is 10.2 Å². The number of esters is 1. The Morgan fingerprint density at radius 1 is 1.18 bits per heavy atom. The summed E-state index contributed by atoms with van der Waals surface area (Å²) < 4.78 is 11.8. The summed E-state index contributed by atoms with van der Waals surface area (Å²) in [6, 6.07) is 2.91. The normalized spacial score (nSPS) is 20.7. The summed E-state index contributed by atoms with van der Waals surface area (Å²) in [5.74, 6) is -1.01. The molecule has 1 fully saturated rings. The molecule has 0 aromatic carbocycles. The molecule has 1 aliphatic rings. The number of hydrogen-bond donors (Lipinski definition) is 2. The number of hydrogen-bond acceptors (Lipinski definition) is 8. The number of aryl methyl sites for hydroxylation is 1. The van der Waals surface area contributed by atoms with Gasteiger partial charge in [-0.25, -0.2) is 4.98 Å². The van der Waals surface area contributed by atoms with E-state index in [1.807, 2.05) is 0 Å². The summed E-state index contributed by atoms with van der Waals surface area (Å²) >= 11 is 3.27. The van der Waals surface area contributed by atoms with Crippen molar-refractivity contribution in [2.24, 2.45) is 5.92 Å².